The van der Waals surface area contributed by atoms with E-state index in [1.165, 1.54) is 95.7 Å². The third-order valence-corrected chi connectivity index (χ3v) is 20.2. The van der Waals surface area contributed by atoms with Crippen LogP contribution in [0.4, 0.5) is 10.5 Å². The molecule has 0 aromatic heterocycles. The summed E-state index contributed by atoms with van der Waals surface area (Å²) < 4.78 is 77.9. The first-order valence-corrected chi connectivity index (χ1v) is 33.8. The van der Waals surface area contributed by atoms with Crippen LogP contribution in [0.3, 0.4) is 0 Å². The largest absolute Gasteiger partial charge is 0.493 e. The zero-order valence-corrected chi connectivity index (χ0v) is 54.6. The lowest BCUT2D eigenvalue weighted by Crippen LogP contribution is -2.65. The molecule has 4 fully saturated rings. The van der Waals surface area contributed by atoms with Gasteiger partial charge in [-0.15, -0.1) is 0 Å². The number of anilines is 1. The predicted molar refractivity (Wildman–Crippen MR) is 330 cm³/mol. The lowest BCUT2D eigenvalue weighted by Gasteiger charge is -2.47. The van der Waals surface area contributed by atoms with Crippen LogP contribution in [0.1, 0.15) is 64.2 Å². The SMILES string of the molecule is C=C(OC)C(=O)Nc1cc(OC)c(OC)cc1C(=O)O[C@H]1C[C@H](O[C@@H]2C(=O)C(NC(=O)OC)=C3/C(=C\CSSSC)[C@]2(O)C#C/C=C\C#C[C@@H]3O[C@@H]2O[C@H](C)[C@@H](NO[C@H]3C[C@H](O)[C@H](SC)[C@@H](C)O3)[C@H](O)[C@H]2O[C@H]2C[C@H](OC)[C@@H](NC(C)C)CO2)O[C@@H](C)[C@H]1O. The Morgan fingerprint density at radius 3 is 2.22 bits per heavy atom. The molecule has 492 valence electrons. The van der Waals surface area contributed by atoms with Crippen molar-refractivity contribution in [2.24, 2.45) is 0 Å². The Morgan fingerprint density at radius 1 is 0.854 bits per heavy atom. The summed E-state index contributed by atoms with van der Waals surface area (Å²) in [5.74, 6) is 8.60. The number of esters is 1. The van der Waals surface area contributed by atoms with Crippen LogP contribution >= 0.6 is 43.2 Å². The van der Waals surface area contributed by atoms with Crippen LogP contribution in [0.2, 0.25) is 0 Å². The molecule has 0 radical (unpaired) electrons. The summed E-state index contributed by atoms with van der Waals surface area (Å²) in [6, 6.07) is 1.39. The molecule has 4 aliphatic heterocycles. The lowest BCUT2D eigenvalue weighted by atomic mass is 9.73. The number of benzene rings is 1. The Bertz CT molecular complexity index is 2890. The van der Waals surface area contributed by atoms with Crippen molar-refractivity contribution in [2.45, 2.75) is 175 Å². The van der Waals surface area contributed by atoms with E-state index in [-0.39, 0.29) is 88.3 Å². The van der Waals surface area contributed by atoms with Gasteiger partial charge in [0.15, 0.2) is 54.1 Å². The molecule has 8 N–H and O–H groups in total. The van der Waals surface area contributed by atoms with Crippen molar-refractivity contribution in [3.8, 4) is 35.2 Å². The molecule has 0 saturated carbocycles. The average molecular weight is 1330 g/mol. The van der Waals surface area contributed by atoms with E-state index in [9.17, 15) is 34.8 Å². The number of alkyl carbamates (subject to hydrolysis) is 1. The summed E-state index contributed by atoms with van der Waals surface area (Å²) in [5.41, 5.74) is -0.949. The minimum Gasteiger partial charge on any atom is -0.493 e. The van der Waals surface area contributed by atoms with Crippen LogP contribution in [-0.4, -0.2) is 226 Å². The van der Waals surface area contributed by atoms with Gasteiger partial charge in [-0.3, -0.25) is 19.7 Å². The van der Waals surface area contributed by atoms with Gasteiger partial charge in [0, 0.05) is 61.4 Å². The van der Waals surface area contributed by atoms with Crippen molar-refractivity contribution < 1.29 is 106 Å². The number of ether oxygens (including phenoxy) is 13. The highest BCUT2D eigenvalue weighted by molar-refractivity contribution is 9.09. The highest BCUT2D eigenvalue weighted by Crippen LogP contribution is 2.44. The Morgan fingerprint density at radius 2 is 1.56 bits per heavy atom. The first-order valence-electron chi connectivity index (χ1n) is 28.4. The van der Waals surface area contributed by atoms with Crippen molar-refractivity contribution >= 4 is 72.6 Å². The molecule has 1 aromatic rings. The summed E-state index contributed by atoms with van der Waals surface area (Å²) in [6.45, 7) is 12.6. The summed E-state index contributed by atoms with van der Waals surface area (Å²) >= 11 is 1.47. The molecular weight excluding hydrogens is 1240 g/mol. The van der Waals surface area contributed by atoms with Crippen molar-refractivity contribution in [2.75, 3.05) is 65.7 Å². The van der Waals surface area contributed by atoms with E-state index in [2.05, 4.69) is 51.7 Å². The first-order chi connectivity index (χ1) is 42.5. The topological polar surface area (TPSA) is 327 Å². The molecule has 19 atom stereocenters. The Balaban J connectivity index is 1.27. The van der Waals surface area contributed by atoms with Crippen molar-refractivity contribution in [3.05, 3.63) is 65.1 Å². The van der Waals surface area contributed by atoms with E-state index in [0.717, 1.165) is 7.11 Å². The van der Waals surface area contributed by atoms with E-state index in [0.29, 0.717) is 0 Å². The number of nitrogens with one attached hydrogen (secondary N) is 4. The number of allylic oxidation sites excluding steroid dienone is 2. The van der Waals surface area contributed by atoms with E-state index >= 15 is 4.79 Å². The van der Waals surface area contributed by atoms with Gasteiger partial charge in [0.2, 0.25) is 5.78 Å². The quantitative estimate of drug-likeness (QED) is 0.0132. The van der Waals surface area contributed by atoms with Gasteiger partial charge in [0.25, 0.3) is 5.91 Å². The Labute approximate surface area is 533 Å². The van der Waals surface area contributed by atoms with Crippen LogP contribution in [0.25, 0.3) is 0 Å². The number of rotatable bonds is 25. The molecule has 0 unspecified atom stereocenters. The molecule has 6 aliphatic rings. The van der Waals surface area contributed by atoms with Gasteiger partial charge >= 0.3 is 12.1 Å². The predicted octanol–water partition coefficient (Wildman–Crippen LogP) is 3.42. The number of aliphatic hydroxyl groups is 4. The maximum atomic E-state index is 15.6. The number of methoxy groups -OCH3 is 5. The maximum absolute atomic E-state index is 15.6. The number of thioether (sulfide) groups is 1. The molecule has 2 amide bonds. The minimum atomic E-state index is -2.66. The van der Waals surface area contributed by atoms with Gasteiger partial charge in [-0.1, -0.05) is 71.8 Å². The number of hydroxylamine groups is 1. The van der Waals surface area contributed by atoms with E-state index < -0.39 is 134 Å². The van der Waals surface area contributed by atoms with Crippen molar-refractivity contribution in [1.29, 1.82) is 0 Å². The molecule has 1 aromatic carbocycles. The molecule has 0 spiro atoms. The Hall–Kier alpha value is -4.62. The van der Waals surface area contributed by atoms with E-state index in [1.54, 1.807) is 20.1 Å². The van der Waals surface area contributed by atoms with Gasteiger partial charge in [0.1, 0.15) is 30.5 Å². The summed E-state index contributed by atoms with van der Waals surface area (Å²) in [5, 5.41) is 56.8. The zero-order valence-electron chi connectivity index (χ0n) is 51.4. The van der Waals surface area contributed by atoms with Crippen LogP contribution in [0, 0.1) is 23.7 Å². The summed E-state index contributed by atoms with van der Waals surface area (Å²) in [7, 11) is 10.8. The molecule has 4 heterocycles. The third kappa shape index (κ3) is 17.6. The second-order valence-corrected chi connectivity index (χ2v) is 26.8. The lowest BCUT2D eigenvalue weighted by molar-refractivity contribution is -0.336. The maximum Gasteiger partial charge on any atom is 0.411 e. The monoisotopic (exact) mass is 1320 g/mol. The van der Waals surface area contributed by atoms with Gasteiger partial charge in [-0.25, -0.2) is 9.59 Å². The number of fused-ring (bicyclic) bond motifs is 2. The number of hydrogen-bond donors (Lipinski definition) is 8. The van der Waals surface area contributed by atoms with Crippen LogP contribution in [0.15, 0.2) is 59.5 Å². The number of ketones is 1. The van der Waals surface area contributed by atoms with E-state index in [4.69, 9.17) is 66.4 Å². The van der Waals surface area contributed by atoms with Crippen LogP contribution < -0.4 is 30.9 Å². The summed E-state index contributed by atoms with van der Waals surface area (Å²) in [6.07, 6.45) is -11.7. The molecular formula is C59H80N4O22S4. The second kappa shape index (κ2) is 33.3. The molecule has 2 bridgehead atoms. The first kappa shape index (κ1) is 71.8. The van der Waals surface area contributed by atoms with Gasteiger partial charge in [-0.05, 0) is 55.3 Å². The molecule has 89 heavy (non-hydrogen) atoms. The Kier molecular flexibility index (Phi) is 26.9. The zero-order chi connectivity index (χ0) is 64.9. The average Bonchev–Trinajstić information content (AvgIpc) is 0.971. The third-order valence-electron chi connectivity index (χ3n) is 15.2. The molecule has 2 aliphatic carbocycles. The number of amides is 2. The standard InChI is InChI=1S/C59H80N4O22S4/c1-28(2)60-36-27-77-43(25-39(36)73-8)83-52-50(66)47(63-85-45-24-37(64)53(86-12)31(5)79-45)29(3)80-57(52)82-38-18-16-14-15-17-20-59(71)34(19-21-88-89-87-13)46(38)48(62-58(70)76-11)51(67)54(59)84-44-26-42(49(65)30(4)78-44)81-56(69)33-22-40(74-9)41(75-10)23-35(33)61-55(68)32(6)72-7/h14-15,19,22-23,28-31,36-39,42-45,47,49-50,52-54,57,60,63-66,71H,6,21,24-27H2,1-5,7-13H3,(H,61,68)(H,62,70)/b15-14-,34-19+/t29-,30+,31-,36+,37+,38+,39+,42+,43+,44+,45+,47-,49-,50+,52-,53-,54-,57+,59-/m1/s1. The van der Waals surface area contributed by atoms with Gasteiger partial charge in [-0.2, -0.15) is 17.2 Å². The number of hydrogen-bond acceptors (Lipinski definition) is 28. The number of Topliss-reactive ketones (excluding diaryl/α,β-unsaturated/α-hetero) is 1. The van der Waals surface area contributed by atoms with Gasteiger partial charge < -0.3 is 92.6 Å². The van der Waals surface area contributed by atoms with Crippen LogP contribution in [0.5, 0.6) is 11.5 Å². The van der Waals surface area contributed by atoms with Crippen LogP contribution in [-0.2, 0) is 66.5 Å². The normalized spacial score (nSPS) is 34.4. The second-order valence-electron chi connectivity index (χ2n) is 21.4. The number of aliphatic hydroxyl groups excluding tert-OH is 3. The molecule has 26 nitrogen and oxygen atoms in total. The fourth-order valence-corrected chi connectivity index (χ4v) is 14.1. The van der Waals surface area contributed by atoms with Gasteiger partial charge in [0.05, 0.1) is 99.8 Å². The molecule has 4 saturated heterocycles. The summed E-state index contributed by atoms with van der Waals surface area (Å²) in [4.78, 5) is 62.5. The fourth-order valence-electron chi connectivity index (χ4n) is 10.8. The van der Waals surface area contributed by atoms with E-state index in [1.807, 2.05) is 33.3 Å². The smallest absolute Gasteiger partial charge is 0.411 e. The highest BCUT2D eigenvalue weighted by atomic mass is 33.5. The minimum absolute atomic E-state index is 0.0843. The number of carbonyl (C=O) groups excluding carboxylic acids is 4. The molecule has 7 rings (SSSR count). The number of carbonyl (C=O) groups is 4. The fraction of sp³-hybridized carbons (Fsp3) is 0.627. The molecule has 30 heteroatoms. The van der Waals surface area contributed by atoms with Crippen molar-refractivity contribution in [3.63, 3.8) is 0 Å². The van der Waals surface area contributed by atoms with Crippen molar-refractivity contribution in [1.82, 2.24) is 16.1 Å². The highest BCUT2D eigenvalue weighted by Gasteiger charge is 2.57.